The van der Waals surface area contributed by atoms with Crippen molar-refractivity contribution in [1.29, 1.82) is 0 Å². The molecule has 0 saturated heterocycles. The second-order valence-corrected chi connectivity index (χ2v) is 8.53. The lowest BCUT2D eigenvalue weighted by atomic mass is 9.46. The molecule has 108 valence electrons. The minimum Gasteiger partial charge on any atom is -0.103 e. The van der Waals surface area contributed by atoms with Crippen molar-refractivity contribution >= 4 is 0 Å². The summed E-state index contributed by atoms with van der Waals surface area (Å²) in [5.74, 6) is 4.01. The Bertz CT molecular complexity index is 357. The first kappa shape index (κ1) is 13.7. The molecule has 0 aliphatic heterocycles. The van der Waals surface area contributed by atoms with Gasteiger partial charge in [-0.15, -0.1) is 6.58 Å². The molecule has 19 heavy (non-hydrogen) atoms. The predicted octanol–water partition coefficient (Wildman–Crippen LogP) is 5.83. The topological polar surface area (TPSA) is 0 Å². The number of rotatable bonds is 1. The molecule has 0 heterocycles. The molecule has 0 bridgehead atoms. The first-order chi connectivity index (χ1) is 8.98. The van der Waals surface area contributed by atoms with E-state index in [1.54, 1.807) is 0 Å². The Kier molecular flexibility index (Phi) is 3.35. The maximum atomic E-state index is 4.10. The average Bonchev–Trinajstić information content (AvgIpc) is 2.38. The van der Waals surface area contributed by atoms with Crippen molar-refractivity contribution in [2.75, 3.05) is 0 Å². The first-order valence-electron chi connectivity index (χ1n) is 8.62. The Labute approximate surface area is 120 Å². The maximum absolute atomic E-state index is 4.10. The normalized spacial score (nSPS) is 54.1. The second-order valence-electron chi connectivity index (χ2n) is 8.53. The molecular weight excluding hydrogens is 228 g/mol. The lowest BCUT2D eigenvalue weighted by Crippen LogP contribution is -2.50. The van der Waals surface area contributed by atoms with Crippen LogP contribution in [0.1, 0.15) is 72.1 Å². The Morgan fingerprint density at radius 1 is 1.00 bits per heavy atom. The molecule has 0 radical (unpaired) electrons. The average molecular weight is 260 g/mol. The molecule has 0 nitrogen and oxygen atoms in total. The highest BCUT2D eigenvalue weighted by Crippen LogP contribution is 2.62. The van der Waals surface area contributed by atoms with Crippen LogP contribution >= 0.6 is 0 Å². The monoisotopic (exact) mass is 260 g/mol. The second kappa shape index (κ2) is 4.64. The fourth-order valence-electron chi connectivity index (χ4n) is 6.23. The molecule has 0 aromatic heterocycles. The molecule has 3 saturated carbocycles. The maximum Gasteiger partial charge on any atom is -0.0146 e. The van der Waals surface area contributed by atoms with Gasteiger partial charge in [0.25, 0.3) is 0 Å². The number of fused-ring (bicyclic) bond motifs is 3. The molecule has 0 aromatic carbocycles. The Hall–Kier alpha value is -0.260. The summed E-state index contributed by atoms with van der Waals surface area (Å²) in [5.41, 5.74) is 1.10. The van der Waals surface area contributed by atoms with Crippen molar-refractivity contribution in [1.82, 2.24) is 0 Å². The summed E-state index contributed by atoms with van der Waals surface area (Å²) in [5, 5.41) is 0. The van der Waals surface area contributed by atoms with Crippen LogP contribution in [-0.4, -0.2) is 0 Å². The Morgan fingerprint density at radius 2 is 1.79 bits per heavy atom. The zero-order chi connectivity index (χ0) is 13.7. The van der Waals surface area contributed by atoms with Crippen LogP contribution in [-0.2, 0) is 0 Å². The van der Waals surface area contributed by atoms with Gasteiger partial charge in [0.15, 0.2) is 0 Å². The van der Waals surface area contributed by atoms with Crippen LogP contribution < -0.4 is 0 Å². The lowest BCUT2D eigenvalue weighted by molar-refractivity contribution is -0.0903. The van der Waals surface area contributed by atoms with Crippen LogP contribution in [0.25, 0.3) is 0 Å². The summed E-state index contributed by atoms with van der Waals surface area (Å²) in [6, 6.07) is 0. The van der Waals surface area contributed by atoms with Gasteiger partial charge >= 0.3 is 0 Å². The zero-order valence-electron chi connectivity index (χ0n) is 13.3. The van der Waals surface area contributed by atoms with Crippen LogP contribution in [0.15, 0.2) is 12.7 Å². The number of allylic oxidation sites excluding steroid dienone is 1. The summed E-state index contributed by atoms with van der Waals surface area (Å²) in [6.07, 6.45) is 14.0. The van der Waals surface area contributed by atoms with Crippen molar-refractivity contribution < 1.29 is 0 Å². The Morgan fingerprint density at radius 3 is 2.53 bits per heavy atom. The number of hydrogen-bond donors (Lipinski definition) is 0. The van der Waals surface area contributed by atoms with E-state index >= 15 is 0 Å². The van der Waals surface area contributed by atoms with E-state index in [0.717, 1.165) is 23.7 Å². The quantitative estimate of drug-likeness (QED) is 0.520. The van der Waals surface area contributed by atoms with Gasteiger partial charge < -0.3 is 0 Å². The van der Waals surface area contributed by atoms with E-state index in [9.17, 15) is 0 Å². The predicted molar refractivity (Wildman–Crippen MR) is 83.0 cm³/mol. The molecule has 0 N–H and O–H groups in total. The molecule has 0 amide bonds. The van der Waals surface area contributed by atoms with E-state index < -0.39 is 0 Å². The SMILES string of the molecule is C=C[C@@]1(C)CC[C@H]2C(CC[C@H]3C(C)CCC[C@@]32C)C1. The molecule has 2 unspecified atom stereocenters. The molecule has 3 fully saturated rings. The van der Waals surface area contributed by atoms with Crippen LogP contribution in [0.2, 0.25) is 0 Å². The van der Waals surface area contributed by atoms with Crippen molar-refractivity contribution in [2.45, 2.75) is 72.1 Å². The molecule has 0 spiro atoms. The van der Waals surface area contributed by atoms with Crippen LogP contribution in [0, 0.1) is 34.5 Å². The van der Waals surface area contributed by atoms with Crippen LogP contribution in [0.3, 0.4) is 0 Å². The smallest absolute Gasteiger partial charge is 0.0146 e. The van der Waals surface area contributed by atoms with Gasteiger partial charge in [-0.1, -0.05) is 39.7 Å². The van der Waals surface area contributed by atoms with Gasteiger partial charge in [0.2, 0.25) is 0 Å². The summed E-state index contributed by atoms with van der Waals surface area (Å²) in [4.78, 5) is 0. The standard InChI is InChI=1S/C19H32/c1-5-18(3)12-10-17-15(13-18)8-9-16-14(2)7-6-11-19(16,17)4/h5,14-17H,1,6-13H2,2-4H3/t14?,15?,16-,17-,18-,19-/m0/s1. The molecule has 3 rings (SSSR count). The third-order valence-corrected chi connectivity index (χ3v) is 7.42. The molecule has 0 heteroatoms. The zero-order valence-corrected chi connectivity index (χ0v) is 13.3. The van der Waals surface area contributed by atoms with E-state index in [4.69, 9.17) is 0 Å². The van der Waals surface area contributed by atoms with Gasteiger partial charge in [-0.3, -0.25) is 0 Å². The summed E-state index contributed by atoms with van der Waals surface area (Å²) >= 11 is 0. The lowest BCUT2D eigenvalue weighted by Gasteiger charge is -2.59. The van der Waals surface area contributed by atoms with Crippen molar-refractivity contribution in [3.05, 3.63) is 12.7 Å². The van der Waals surface area contributed by atoms with Gasteiger partial charge in [-0.25, -0.2) is 0 Å². The highest BCUT2D eigenvalue weighted by molar-refractivity contribution is 5.06. The largest absolute Gasteiger partial charge is 0.103 e. The van der Waals surface area contributed by atoms with Crippen LogP contribution in [0.4, 0.5) is 0 Å². The van der Waals surface area contributed by atoms with Crippen molar-refractivity contribution in [3.63, 3.8) is 0 Å². The van der Waals surface area contributed by atoms with Gasteiger partial charge in [-0.05, 0) is 73.0 Å². The highest BCUT2D eigenvalue weighted by atomic mass is 14.6. The molecular formula is C19H32. The van der Waals surface area contributed by atoms with E-state index in [-0.39, 0.29) is 0 Å². The van der Waals surface area contributed by atoms with E-state index in [1.165, 1.54) is 51.4 Å². The third kappa shape index (κ3) is 2.10. The number of hydrogen-bond acceptors (Lipinski definition) is 0. The van der Waals surface area contributed by atoms with E-state index in [2.05, 4.69) is 33.4 Å². The fraction of sp³-hybridized carbons (Fsp3) is 0.895. The summed E-state index contributed by atoms with van der Waals surface area (Å²) in [7, 11) is 0. The van der Waals surface area contributed by atoms with Gasteiger partial charge in [-0.2, -0.15) is 0 Å². The molecule has 3 aliphatic rings. The Balaban J connectivity index is 1.83. The van der Waals surface area contributed by atoms with Gasteiger partial charge in [0.05, 0.1) is 0 Å². The summed E-state index contributed by atoms with van der Waals surface area (Å²) in [6.45, 7) is 11.7. The van der Waals surface area contributed by atoms with Crippen molar-refractivity contribution in [2.24, 2.45) is 34.5 Å². The van der Waals surface area contributed by atoms with Gasteiger partial charge in [0, 0.05) is 0 Å². The van der Waals surface area contributed by atoms with Gasteiger partial charge in [0.1, 0.15) is 0 Å². The third-order valence-electron chi connectivity index (χ3n) is 7.42. The fourth-order valence-corrected chi connectivity index (χ4v) is 6.23. The molecule has 6 atom stereocenters. The van der Waals surface area contributed by atoms with E-state index in [1.807, 2.05) is 0 Å². The molecule has 0 aromatic rings. The van der Waals surface area contributed by atoms with Crippen LogP contribution in [0.5, 0.6) is 0 Å². The molecule has 3 aliphatic carbocycles. The van der Waals surface area contributed by atoms with Crippen molar-refractivity contribution in [3.8, 4) is 0 Å². The first-order valence-corrected chi connectivity index (χ1v) is 8.62. The van der Waals surface area contributed by atoms with E-state index in [0.29, 0.717) is 10.8 Å². The minimum absolute atomic E-state index is 0.435. The summed E-state index contributed by atoms with van der Waals surface area (Å²) < 4.78 is 0. The highest BCUT2D eigenvalue weighted by Gasteiger charge is 2.53. The minimum atomic E-state index is 0.435.